The number of carbonyl (C=O) groups is 2. The van der Waals surface area contributed by atoms with Crippen LogP contribution in [0.15, 0.2) is 12.1 Å². The van der Waals surface area contributed by atoms with Crippen molar-refractivity contribution in [1.82, 2.24) is 4.90 Å². The number of nitrogens with zero attached hydrogens (tertiary/aromatic N) is 1. The molecule has 1 saturated heterocycles. The molecule has 1 atom stereocenters. The molecule has 1 fully saturated rings. The second kappa shape index (κ2) is 6.92. The van der Waals surface area contributed by atoms with Crippen LogP contribution in [-0.4, -0.2) is 41.0 Å². The lowest BCUT2D eigenvalue weighted by Crippen LogP contribution is -2.47. The maximum Gasteiger partial charge on any atom is 0.320 e. The van der Waals surface area contributed by atoms with Crippen LogP contribution in [0.2, 0.25) is 0 Å². The lowest BCUT2D eigenvalue weighted by atomic mass is 10.0. The summed E-state index contributed by atoms with van der Waals surface area (Å²) in [5.74, 6) is -0.988. The number of carbonyl (C=O) groups excluding carboxylic acids is 1. The molecule has 1 unspecified atom stereocenters. The Morgan fingerprint density at radius 2 is 1.86 bits per heavy atom. The molecular formula is C17H24N2O3. The third-order valence-corrected chi connectivity index (χ3v) is 4.19. The van der Waals surface area contributed by atoms with Crippen LogP contribution in [0.5, 0.6) is 0 Å². The molecule has 1 aromatic carbocycles. The van der Waals surface area contributed by atoms with Gasteiger partial charge in [0.15, 0.2) is 0 Å². The summed E-state index contributed by atoms with van der Waals surface area (Å²) in [6.07, 6.45) is 2.47. The van der Waals surface area contributed by atoms with Crippen molar-refractivity contribution in [1.29, 1.82) is 0 Å². The maximum absolute atomic E-state index is 12.3. The van der Waals surface area contributed by atoms with Crippen LogP contribution in [0.25, 0.3) is 0 Å². The molecule has 0 aromatic heterocycles. The molecular weight excluding hydrogens is 280 g/mol. The van der Waals surface area contributed by atoms with Crippen molar-refractivity contribution in [2.24, 2.45) is 0 Å². The molecule has 5 nitrogen and oxygen atoms in total. The third-order valence-electron chi connectivity index (χ3n) is 4.19. The van der Waals surface area contributed by atoms with E-state index in [4.69, 9.17) is 0 Å². The van der Waals surface area contributed by atoms with Gasteiger partial charge < -0.3 is 10.4 Å². The molecule has 120 valence electrons. The zero-order valence-electron chi connectivity index (χ0n) is 13.5. The van der Waals surface area contributed by atoms with Crippen molar-refractivity contribution in [2.45, 2.75) is 46.1 Å². The first-order valence-electron chi connectivity index (χ1n) is 7.73. The SMILES string of the molecule is Cc1cc(C)c(NC(=O)CN2CCCCC2C(=O)O)c(C)c1. The van der Waals surface area contributed by atoms with Crippen molar-refractivity contribution in [3.05, 3.63) is 28.8 Å². The quantitative estimate of drug-likeness (QED) is 0.896. The Bertz CT molecular complexity index is 560. The van der Waals surface area contributed by atoms with E-state index in [0.29, 0.717) is 13.0 Å². The van der Waals surface area contributed by atoms with Gasteiger partial charge in [-0.25, -0.2) is 0 Å². The van der Waals surface area contributed by atoms with Crippen LogP contribution in [0, 0.1) is 20.8 Å². The molecule has 1 aliphatic heterocycles. The fraction of sp³-hybridized carbons (Fsp3) is 0.529. The number of carboxylic acid groups (broad SMARTS) is 1. The molecule has 1 aromatic rings. The highest BCUT2D eigenvalue weighted by molar-refractivity contribution is 5.94. The predicted octanol–water partition coefficient (Wildman–Crippen LogP) is 2.49. The van der Waals surface area contributed by atoms with Gasteiger partial charge in [0, 0.05) is 5.69 Å². The largest absolute Gasteiger partial charge is 0.480 e. The first kappa shape index (κ1) is 16.5. The van der Waals surface area contributed by atoms with Gasteiger partial charge in [0.1, 0.15) is 6.04 Å². The second-order valence-electron chi connectivity index (χ2n) is 6.14. The summed E-state index contributed by atoms with van der Waals surface area (Å²) in [5.41, 5.74) is 4.05. The Morgan fingerprint density at radius 1 is 1.23 bits per heavy atom. The number of aryl methyl sites for hydroxylation is 3. The summed E-state index contributed by atoms with van der Waals surface area (Å²) in [6, 6.07) is 3.52. The van der Waals surface area contributed by atoms with Crippen molar-refractivity contribution in [3.63, 3.8) is 0 Å². The summed E-state index contributed by atoms with van der Waals surface area (Å²) < 4.78 is 0. The minimum atomic E-state index is -0.838. The fourth-order valence-corrected chi connectivity index (χ4v) is 3.20. The van der Waals surface area contributed by atoms with Gasteiger partial charge in [0.05, 0.1) is 6.54 Å². The van der Waals surface area contributed by atoms with E-state index >= 15 is 0 Å². The van der Waals surface area contributed by atoms with Gasteiger partial charge in [-0.3, -0.25) is 14.5 Å². The Hall–Kier alpha value is -1.88. The molecule has 1 heterocycles. The highest BCUT2D eigenvalue weighted by Gasteiger charge is 2.29. The Labute approximate surface area is 131 Å². The zero-order valence-corrected chi connectivity index (χ0v) is 13.5. The number of anilines is 1. The van der Waals surface area contributed by atoms with E-state index in [1.165, 1.54) is 0 Å². The summed E-state index contributed by atoms with van der Waals surface area (Å²) in [6.45, 7) is 6.75. The second-order valence-corrected chi connectivity index (χ2v) is 6.14. The average Bonchev–Trinajstić information content (AvgIpc) is 2.43. The highest BCUT2D eigenvalue weighted by atomic mass is 16.4. The molecule has 5 heteroatoms. The number of likely N-dealkylation sites (tertiary alicyclic amines) is 1. The van der Waals surface area contributed by atoms with Gasteiger partial charge in [-0.2, -0.15) is 0 Å². The molecule has 0 spiro atoms. The van der Waals surface area contributed by atoms with Crippen LogP contribution in [0.3, 0.4) is 0 Å². The van der Waals surface area contributed by atoms with E-state index in [2.05, 4.69) is 5.32 Å². The smallest absolute Gasteiger partial charge is 0.320 e. The summed E-state index contributed by atoms with van der Waals surface area (Å²) >= 11 is 0. The third kappa shape index (κ3) is 3.85. The maximum atomic E-state index is 12.3. The van der Waals surface area contributed by atoms with E-state index < -0.39 is 12.0 Å². The lowest BCUT2D eigenvalue weighted by molar-refractivity contribution is -0.145. The highest BCUT2D eigenvalue weighted by Crippen LogP contribution is 2.22. The first-order valence-corrected chi connectivity index (χ1v) is 7.73. The van der Waals surface area contributed by atoms with Crippen LogP contribution >= 0.6 is 0 Å². The van der Waals surface area contributed by atoms with Crippen molar-refractivity contribution >= 4 is 17.6 Å². The number of carboxylic acids is 1. The van der Waals surface area contributed by atoms with Crippen LogP contribution < -0.4 is 5.32 Å². The topological polar surface area (TPSA) is 69.6 Å². The van der Waals surface area contributed by atoms with Gasteiger partial charge in [-0.1, -0.05) is 24.1 Å². The number of benzene rings is 1. The monoisotopic (exact) mass is 304 g/mol. The first-order chi connectivity index (χ1) is 10.4. The molecule has 1 amide bonds. The molecule has 0 bridgehead atoms. The number of nitrogens with one attached hydrogen (secondary N) is 1. The van der Waals surface area contributed by atoms with E-state index in [0.717, 1.165) is 35.2 Å². The number of hydrogen-bond donors (Lipinski definition) is 2. The van der Waals surface area contributed by atoms with E-state index in [1.807, 2.05) is 32.9 Å². The minimum absolute atomic E-state index is 0.129. The van der Waals surface area contributed by atoms with Crippen molar-refractivity contribution in [2.75, 3.05) is 18.4 Å². The summed E-state index contributed by atoms with van der Waals surface area (Å²) in [5, 5.41) is 12.2. The van der Waals surface area contributed by atoms with E-state index in [1.54, 1.807) is 4.90 Å². The normalized spacial score (nSPS) is 19.0. The molecule has 0 radical (unpaired) electrons. The lowest BCUT2D eigenvalue weighted by Gasteiger charge is -2.32. The van der Waals surface area contributed by atoms with Gasteiger partial charge in [0.25, 0.3) is 0 Å². The average molecular weight is 304 g/mol. The van der Waals surface area contributed by atoms with Crippen LogP contribution in [0.4, 0.5) is 5.69 Å². The van der Waals surface area contributed by atoms with Crippen molar-refractivity contribution in [3.8, 4) is 0 Å². The van der Waals surface area contributed by atoms with Crippen LogP contribution in [0.1, 0.15) is 36.0 Å². The minimum Gasteiger partial charge on any atom is -0.480 e. The molecule has 0 saturated carbocycles. The van der Waals surface area contributed by atoms with Crippen LogP contribution in [-0.2, 0) is 9.59 Å². The van der Waals surface area contributed by atoms with E-state index in [9.17, 15) is 14.7 Å². The Balaban J connectivity index is 2.05. The molecule has 0 aliphatic carbocycles. The van der Waals surface area contributed by atoms with E-state index in [-0.39, 0.29) is 12.5 Å². The Morgan fingerprint density at radius 3 is 2.45 bits per heavy atom. The number of rotatable bonds is 4. The molecule has 2 rings (SSSR count). The number of piperidine rings is 1. The number of hydrogen-bond acceptors (Lipinski definition) is 3. The van der Waals surface area contributed by atoms with Gasteiger partial charge in [0.2, 0.25) is 5.91 Å². The molecule has 2 N–H and O–H groups in total. The number of aliphatic carboxylic acids is 1. The Kier molecular flexibility index (Phi) is 5.19. The zero-order chi connectivity index (χ0) is 16.3. The number of amides is 1. The molecule has 22 heavy (non-hydrogen) atoms. The van der Waals surface area contributed by atoms with Gasteiger partial charge in [-0.15, -0.1) is 0 Å². The van der Waals surface area contributed by atoms with Crippen molar-refractivity contribution < 1.29 is 14.7 Å². The van der Waals surface area contributed by atoms with Gasteiger partial charge >= 0.3 is 5.97 Å². The summed E-state index contributed by atoms with van der Waals surface area (Å²) in [7, 11) is 0. The van der Waals surface area contributed by atoms with Gasteiger partial charge in [-0.05, 0) is 51.3 Å². The molecule has 1 aliphatic rings. The fourth-order valence-electron chi connectivity index (χ4n) is 3.20. The predicted molar refractivity (Wildman–Crippen MR) is 86.1 cm³/mol. The summed E-state index contributed by atoms with van der Waals surface area (Å²) in [4.78, 5) is 25.3. The standard InChI is InChI=1S/C17H24N2O3/c1-11-8-12(2)16(13(3)9-11)18-15(20)10-19-7-5-4-6-14(19)17(21)22/h8-9,14H,4-7,10H2,1-3H3,(H,18,20)(H,21,22).